The SMILES string of the molecule is C=CC1=C(/C=C\C=C/C)NCS1. The number of allylic oxidation sites excluding steroid dienone is 5. The Balaban J connectivity index is 2.66. The zero-order valence-corrected chi connectivity index (χ0v) is 8.03. The molecule has 0 saturated heterocycles. The van der Waals surface area contributed by atoms with Crippen LogP contribution in [0.15, 0.2) is 47.6 Å². The summed E-state index contributed by atoms with van der Waals surface area (Å²) in [5.41, 5.74) is 1.17. The van der Waals surface area contributed by atoms with Gasteiger partial charge in [0.1, 0.15) is 0 Å². The maximum absolute atomic E-state index is 3.75. The first-order valence-corrected chi connectivity index (χ1v) is 4.89. The third-order valence-electron chi connectivity index (χ3n) is 1.51. The highest BCUT2D eigenvalue weighted by Gasteiger charge is 2.07. The van der Waals surface area contributed by atoms with Crippen molar-refractivity contribution in [3.8, 4) is 0 Å². The first-order chi connectivity index (χ1) is 5.88. The molecule has 0 aromatic heterocycles. The minimum absolute atomic E-state index is 0.955. The molecule has 0 bridgehead atoms. The summed E-state index contributed by atoms with van der Waals surface area (Å²) in [6.07, 6.45) is 10.00. The minimum Gasteiger partial charge on any atom is -0.375 e. The molecule has 1 heterocycles. The highest BCUT2D eigenvalue weighted by atomic mass is 32.2. The molecule has 12 heavy (non-hydrogen) atoms. The molecule has 0 radical (unpaired) electrons. The van der Waals surface area contributed by atoms with Gasteiger partial charge in [-0.3, -0.25) is 0 Å². The van der Waals surface area contributed by atoms with E-state index in [1.54, 1.807) is 11.8 Å². The van der Waals surface area contributed by atoms with Crippen molar-refractivity contribution in [2.45, 2.75) is 6.92 Å². The van der Waals surface area contributed by atoms with Gasteiger partial charge < -0.3 is 5.32 Å². The van der Waals surface area contributed by atoms with E-state index in [-0.39, 0.29) is 0 Å². The lowest BCUT2D eigenvalue weighted by atomic mass is 10.3. The average molecular weight is 179 g/mol. The first kappa shape index (κ1) is 9.20. The van der Waals surface area contributed by atoms with Gasteiger partial charge in [0, 0.05) is 10.6 Å². The van der Waals surface area contributed by atoms with Gasteiger partial charge in [-0.25, -0.2) is 0 Å². The molecule has 2 heteroatoms. The Morgan fingerprint density at radius 2 is 2.33 bits per heavy atom. The molecule has 0 unspecified atom stereocenters. The Labute approximate surface area is 77.9 Å². The van der Waals surface area contributed by atoms with Crippen molar-refractivity contribution in [2.24, 2.45) is 0 Å². The van der Waals surface area contributed by atoms with E-state index in [0.29, 0.717) is 0 Å². The van der Waals surface area contributed by atoms with Gasteiger partial charge in [-0.05, 0) is 13.0 Å². The molecule has 0 atom stereocenters. The summed E-state index contributed by atoms with van der Waals surface area (Å²) >= 11 is 1.78. The van der Waals surface area contributed by atoms with E-state index in [1.165, 1.54) is 10.6 Å². The van der Waals surface area contributed by atoms with Crippen molar-refractivity contribution >= 4 is 11.8 Å². The molecule has 64 valence electrons. The van der Waals surface area contributed by atoms with Gasteiger partial charge in [0.2, 0.25) is 0 Å². The zero-order chi connectivity index (χ0) is 8.81. The van der Waals surface area contributed by atoms with Crippen molar-refractivity contribution in [2.75, 3.05) is 5.88 Å². The molecule has 0 aromatic carbocycles. The third-order valence-corrected chi connectivity index (χ3v) is 2.49. The van der Waals surface area contributed by atoms with Crippen LogP contribution in [0.25, 0.3) is 0 Å². The maximum atomic E-state index is 3.75. The summed E-state index contributed by atoms with van der Waals surface area (Å²) in [6.45, 7) is 5.75. The lowest BCUT2D eigenvalue weighted by Gasteiger charge is -1.94. The molecular weight excluding hydrogens is 166 g/mol. The predicted molar refractivity (Wildman–Crippen MR) is 56.8 cm³/mol. The molecule has 0 aliphatic carbocycles. The van der Waals surface area contributed by atoms with Gasteiger partial charge in [-0.15, -0.1) is 11.8 Å². The first-order valence-electron chi connectivity index (χ1n) is 3.91. The van der Waals surface area contributed by atoms with E-state index in [2.05, 4.69) is 18.0 Å². The second-order valence-corrected chi connectivity index (χ2v) is 3.35. The monoisotopic (exact) mass is 179 g/mol. The van der Waals surface area contributed by atoms with Crippen LogP contribution in [0, 0.1) is 0 Å². The van der Waals surface area contributed by atoms with E-state index >= 15 is 0 Å². The largest absolute Gasteiger partial charge is 0.375 e. The Bertz CT molecular complexity index is 249. The summed E-state index contributed by atoms with van der Waals surface area (Å²) < 4.78 is 0. The van der Waals surface area contributed by atoms with Crippen LogP contribution in [-0.2, 0) is 0 Å². The van der Waals surface area contributed by atoms with Gasteiger partial charge in [0.05, 0.1) is 5.88 Å². The zero-order valence-electron chi connectivity index (χ0n) is 7.21. The number of nitrogens with one attached hydrogen (secondary N) is 1. The second kappa shape index (κ2) is 4.88. The summed E-state index contributed by atoms with van der Waals surface area (Å²) in [5.74, 6) is 0.955. The quantitative estimate of drug-likeness (QED) is 0.669. The van der Waals surface area contributed by atoms with E-state index in [4.69, 9.17) is 0 Å². The van der Waals surface area contributed by atoms with Crippen LogP contribution in [0.4, 0.5) is 0 Å². The van der Waals surface area contributed by atoms with Crippen LogP contribution in [0.3, 0.4) is 0 Å². The van der Waals surface area contributed by atoms with Gasteiger partial charge in [-0.2, -0.15) is 0 Å². The maximum Gasteiger partial charge on any atom is 0.0658 e. The van der Waals surface area contributed by atoms with Crippen LogP contribution in [-0.4, -0.2) is 5.88 Å². The summed E-state index contributed by atoms with van der Waals surface area (Å²) in [6, 6.07) is 0. The van der Waals surface area contributed by atoms with Crippen LogP contribution in [0.5, 0.6) is 0 Å². The molecule has 0 aromatic rings. The highest BCUT2D eigenvalue weighted by Crippen LogP contribution is 2.25. The molecule has 1 rings (SSSR count). The Hall–Kier alpha value is -0.890. The van der Waals surface area contributed by atoms with Crippen LogP contribution < -0.4 is 5.32 Å². The van der Waals surface area contributed by atoms with Gasteiger partial charge >= 0.3 is 0 Å². The number of thioether (sulfide) groups is 1. The Kier molecular flexibility index (Phi) is 3.74. The van der Waals surface area contributed by atoms with Crippen LogP contribution in [0.2, 0.25) is 0 Å². The number of hydrogen-bond donors (Lipinski definition) is 1. The standard InChI is InChI=1S/C10H13NS/c1-3-5-6-7-9-10(4-2)12-8-11-9/h3-7,11H,2,8H2,1H3/b5-3-,7-6-. The van der Waals surface area contributed by atoms with Crippen molar-refractivity contribution in [1.82, 2.24) is 5.32 Å². The normalized spacial score (nSPS) is 17.8. The van der Waals surface area contributed by atoms with Crippen LogP contribution >= 0.6 is 11.8 Å². The lowest BCUT2D eigenvalue weighted by Crippen LogP contribution is -2.03. The minimum atomic E-state index is 0.955. The molecule has 1 aliphatic rings. The molecule has 1 N–H and O–H groups in total. The Morgan fingerprint density at radius 3 is 3.00 bits per heavy atom. The predicted octanol–water partition coefficient (Wildman–Crippen LogP) is 2.81. The fourth-order valence-electron chi connectivity index (χ4n) is 0.929. The topological polar surface area (TPSA) is 12.0 Å². The highest BCUT2D eigenvalue weighted by molar-refractivity contribution is 8.03. The fourth-order valence-corrected chi connectivity index (χ4v) is 1.73. The summed E-state index contributed by atoms with van der Waals surface area (Å²) in [5, 5.41) is 3.27. The molecule has 1 nitrogen and oxygen atoms in total. The van der Waals surface area contributed by atoms with Crippen molar-refractivity contribution < 1.29 is 0 Å². The smallest absolute Gasteiger partial charge is 0.0658 e. The lowest BCUT2D eigenvalue weighted by molar-refractivity contribution is 1.02. The van der Waals surface area contributed by atoms with Crippen molar-refractivity contribution in [3.63, 3.8) is 0 Å². The summed E-state index contributed by atoms with van der Waals surface area (Å²) in [7, 11) is 0. The van der Waals surface area contributed by atoms with Gasteiger partial charge in [0.25, 0.3) is 0 Å². The number of hydrogen-bond acceptors (Lipinski definition) is 2. The molecule has 0 spiro atoms. The van der Waals surface area contributed by atoms with Crippen molar-refractivity contribution in [1.29, 1.82) is 0 Å². The third kappa shape index (κ3) is 2.31. The van der Waals surface area contributed by atoms with Gasteiger partial charge in [-0.1, -0.05) is 30.9 Å². The molecular formula is C10H13NS. The van der Waals surface area contributed by atoms with E-state index in [1.807, 2.05) is 31.2 Å². The molecule has 0 saturated carbocycles. The summed E-state index contributed by atoms with van der Waals surface area (Å²) in [4.78, 5) is 1.23. The molecule has 0 fully saturated rings. The average Bonchev–Trinajstić information content (AvgIpc) is 2.52. The Morgan fingerprint density at radius 1 is 1.50 bits per heavy atom. The van der Waals surface area contributed by atoms with E-state index in [0.717, 1.165) is 5.88 Å². The van der Waals surface area contributed by atoms with Crippen LogP contribution in [0.1, 0.15) is 6.92 Å². The van der Waals surface area contributed by atoms with E-state index < -0.39 is 0 Å². The van der Waals surface area contributed by atoms with E-state index in [9.17, 15) is 0 Å². The molecule has 1 aliphatic heterocycles. The fraction of sp³-hybridized carbons (Fsp3) is 0.200. The number of rotatable bonds is 3. The second-order valence-electron chi connectivity index (χ2n) is 2.33. The van der Waals surface area contributed by atoms with Crippen molar-refractivity contribution in [3.05, 3.63) is 47.6 Å². The van der Waals surface area contributed by atoms with Gasteiger partial charge in [0.15, 0.2) is 0 Å². The molecule has 0 amide bonds.